The molecule has 3 N–H and O–H groups in total. The summed E-state index contributed by atoms with van der Waals surface area (Å²) in [6.07, 6.45) is 1.61. The molecule has 0 aliphatic heterocycles. The van der Waals surface area contributed by atoms with Gasteiger partial charge in [0.2, 0.25) is 0 Å². The van der Waals surface area contributed by atoms with Crippen LogP contribution in [0.25, 0.3) is 0 Å². The molecule has 1 saturated carbocycles. The van der Waals surface area contributed by atoms with Gasteiger partial charge in [0.05, 0.1) is 0 Å². The number of hydrogen-bond acceptors (Lipinski definition) is 2. The molecule has 0 spiro atoms. The lowest BCUT2D eigenvalue weighted by Gasteiger charge is -2.26. The Morgan fingerprint density at radius 1 is 1.35 bits per heavy atom. The van der Waals surface area contributed by atoms with Crippen LogP contribution in [0.3, 0.4) is 0 Å². The normalized spacial score (nSPS) is 17.1. The minimum absolute atomic E-state index is 0.0171. The number of carbonyl (C=O) groups excluding carboxylic acids is 1. The Morgan fingerprint density at radius 2 is 1.95 bits per heavy atom. The molecule has 1 unspecified atom stereocenters. The van der Waals surface area contributed by atoms with Gasteiger partial charge in [-0.3, -0.25) is 0 Å². The van der Waals surface area contributed by atoms with Gasteiger partial charge in [0.1, 0.15) is 11.4 Å². The van der Waals surface area contributed by atoms with Crippen molar-refractivity contribution >= 4 is 12.0 Å². The van der Waals surface area contributed by atoms with Crippen LogP contribution in [0.1, 0.15) is 25.3 Å². The van der Waals surface area contributed by atoms with E-state index >= 15 is 0 Å². The third-order valence-electron chi connectivity index (χ3n) is 3.58. The molecule has 108 valence electrons. The van der Waals surface area contributed by atoms with Crippen LogP contribution in [0.5, 0.6) is 0 Å². The average molecular weight is 280 g/mol. The topological polar surface area (TPSA) is 78.4 Å². The summed E-state index contributed by atoms with van der Waals surface area (Å²) in [6, 6.07) is 5.20. The highest BCUT2D eigenvalue weighted by Gasteiger charge is 2.48. The summed E-state index contributed by atoms with van der Waals surface area (Å²) < 4.78 is 12.7. The second-order valence-electron chi connectivity index (χ2n) is 5.22. The van der Waals surface area contributed by atoms with Gasteiger partial charge >= 0.3 is 12.0 Å². The van der Waals surface area contributed by atoms with Gasteiger partial charge in [-0.1, -0.05) is 12.1 Å². The summed E-state index contributed by atoms with van der Waals surface area (Å²) in [5, 5.41) is 14.3. The SMILES string of the molecule is CC(NC(=O)NCc1ccc(F)cc1)(C(=O)O)C1CC1. The molecule has 2 rings (SSSR count). The first-order valence-corrected chi connectivity index (χ1v) is 6.45. The minimum Gasteiger partial charge on any atom is -0.480 e. The number of carboxylic acid groups (broad SMARTS) is 1. The van der Waals surface area contributed by atoms with Crippen molar-refractivity contribution < 1.29 is 19.1 Å². The number of rotatable bonds is 5. The molecule has 2 amide bonds. The fourth-order valence-electron chi connectivity index (χ4n) is 2.06. The van der Waals surface area contributed by atoms with Crippen LogP contribution in [0.4, 0.5) is 9.18 Å². The quantitative estimate of drug-likeness (QED) is 0.770. The fraction of sp³-hybridized carbons (Fsp3) is 0.429. The van der Waals surface area contributed by atoms with Crippen LogP contribution < -0.4 is 10.6 Å². The number of urea groups is 1. The highest BCUT2D eigenvalue weighted by atomic mass is 19.1. The van der Waals surface area contributed by atoms with Crippen molar-refractivity contribution in [2.45, 2.75) is 31.8 Å². The maximum absolute atomic E-state index is 12.7. The van der Waals surface area contributed by atoms with Crippen LogP contribution in [0.15, 0.2) is 24.3 Å². The number of carbonyl (C=O) groups is 2. The summed E-state index contributed by atoms with van der Waals surface area (Å²) in [5.74, 6) is -1.39. The molecule has 1 aliphatic rings. The van der Waals surface area contributed by atoms with Crippen LogP contribution in [0, 0.1) is 11.7 Å². The number of benzene rings is 1. The highest BCUT2D eigenvalue weighted by molar-refractivity contribution is 5.86. The molecular weight excluding hydrogens is 263 g/mol. The molecule has 0 bridgehead atoms. The number of amides is 2. The number of carboxylic acids is 1. The van der Waals surface area contributed by atoms with Gasteiger partial charge in [0, 0.05) is 6.54 Å². The van der Waals surface area contributed by atoms with Crippen LogP contribution in [-0.2, 0) is 11.3 Å². The van der Waals surface area contributed by atoms with Crippen molar-refractivity contribution in [3.63, 3.8) is 0 Å². The smallest absolute Gasteiger partial charge is 0.329 e. The van der Waals surface area contributed by atoms with Gasteiger partial charge < -0.3 is 15.7 Å². The first kappa shape index (κ1) is 14.3. The Bertz CT molecular complexity index is 514. The first-order valence-electron chi connectivity index (χ1n) is 6.45. The van der Waals surface area contributed by atoms with E-state index in [4.69, 9.17) is 0 Å². The number of aliphatic carboxylic acids is 1. The van der Waals surface area contributed by atoms with Crippen molar-refractivity contribution in [2.75, 3.05) is 0 Å². The zero-order valence-electron chi connectivity index (χ0n) is 11.1. The van der Waals surface area contributed by atoms with Crippen molar-refractivity contribution in [3.8, 4) is 0 Å². The Hall–Kier alpha value is -2.11. The fourth-order valence-corrected chi connectivity index (χ4v) is 2.06. The lowest BCUT2D eigenvalue weighted by molar-refractivity contribution is -0.144. The van der Waals surface area contributed by atoms with E-state index < -0.39 is 17.5 Å². The van der Waals surface area contributed by atoms with Gasteiger partial charge in [-0.2, -0.15) is 0 Å². The van der Waals surface area contributed by atoms with Crippen molar-refractivity contribution in [3.05, 3.63) is 35.6 Å². The molecule has 1 fully saturated rings. The summed E-state index contributed by atoms with van der Waals surface area (Å²) >= 11 is 0. The Labute approximate surface area is 116 Å². The maximum Gasteiger partial charge on any atom is 0.329 e. The van der Waals surface area contributed by atoms with E-state index in [1.165, 1.54) is 19.1 Å². The Morgan fingerprint density at radius 3 is 2.45 bits per heavy atom. The molecule has 1 atom stereocenters. The predicted molar refractivity (Wildman–Crippen MR) is 70.5 cm³/mol. The summed E-state index contributed by atoms with van der Waals surface area (Å²) in [5.41, 5.74) is -0.489. The Kier molecular flexibility index (Phi) is 3.92. The molecule has 0 aromatic heterocycles. The standard InChI is InChI=1S/C14H17FN2O3/c1-14(12(18)19,10-4-5-10)17-13(20)16-8-9-2-6-11(15)7-3-9/h2-3,6-7,10H,4-5,8H2,1H3,(H,18,19)(H2,16,17,20). The second-order valence-corrected chi connectivity index (χ2v) is 5.22. The van der Waals surface area contributed by atoms with Gasteiger partial charge in [-0.05, 0) is 43.4 Å². The third-order valence-corrected chi connectivity index (χ3v) is 3.58. The van der Waals surface area contributed by atoms with E-state index in [1.54, 1.807) is 12.1 Å². The summed E-state index contributed by atoms with van der Waals surface area (Å²) in [6.45, 7) is 1.73. The van der Waals surface area contributed by atoms with E-state index in [-0.39, 0.29) is 18.3 Å². The molecule has 1 aromatic rings. The van der Waals surface area contributed by atoms with Crippen molar-refractivity contribution in [1.82, 2.24) is 10.6 Å². The average Bonchev–Trinajstić information content (AvgIpc) is 3.22. The molecule has 0 heterocycles. The number of hydrogen-bond donors (Lipinski definition) is 3. The molecule has 20 heavy (non-hydrogen) atoms. The monoisotopic (exact) mass is 280 g/mol. The largest absolute Gasteiger partial charge is 0.480 e. The Balaban J connectivity index is 1.88. The van der Waals surface area contributed by atoms with Gasteiger partial charge in [0.25, 0.3) is 0 Å². The van der Waals surface area contributed by atoms with Crippen LogP contribution in [-0.4, -0.2) is 22.6 Å². The van der Waals surface area contributed by atoms with E-state index in [9.17, 15) is 19.1 Å². The molecule has 1 aromatic carbocycles. The molecule has 5 nitrogen and oxygen atoms in total. The van der Waals surface area contributed by atoms with E-state index in [1.807, 2.05) is 0 Å². The maximum atomic E-state index is 12.7. The van der Waals surface area contributed by atoms with Gasteiger partial charge in [-0.15, -0.1) is 0 Å². The van der Waals surface area contributed by atoms with Crippen LogP contribution in [0.2, 0.25) is 0 Å². The molecule has 6 heteroatoms. The van der Waals surface area contributed by atoms with Crippen LogP contribution >= 0.6 is 0 Å². The van der Waals surface area contributed by atoms with Gasteiger partial charge in [-0.25, -0.2) is 14.0 Å². The number of halogens is 1. The zero-order chi connectivity index (χ0) is 14.8. The first-order chi connectivity index (χ1) is 9.41. The molecular formula is C14H17FN2O3. The highest BCUT2D eigenvalue weighted by Crippen LogP contribution is 2.39. The summed E-state index contributed by atoms with van der Waals surface area (Å²) in [7, 11) is 0. The lowest BCUT2D eigenvalue weighted by Crippen LogP contribution is -2.56. The lowest BCUT2D eigenvalue weighted by atomic mass is 9.96. The molecule has 1 aliphatic carbocycles. The number of nitrogens with one attached hydrogen (secondary N) is 2. The van der Waals surface area contributed by atoms with E-state index in [2.05, 4.69) is 10.6 Å². The minimum atomic E-state index is -1.23. The zero-order valence-corrected chi connectivity index (χ0v) is 11.1. The molecule has 0 saturated heterocycles. The second kappa shape index (κ2) is 5.48. The van der Waals surface area contributed by atoms with Crippen molar-refractivity contribution in [2.24, 2.45) is 5.92 Å². The van der Waals surface area contributed by atoms with E-state index in [0.717, 1.165) is 18.4 Å². The molecule has 0 radical (unpaired) electrons. The summed E-state index contributed by atoms with van der Waals surface area (Å²) in [4.78, 5) is 23.0. The van der Waals surface area contributed by atoms with Gasteiger partial charge in [0.15, 0.2) is 0 Å². The van der Waals surface area contributed by atoms with Crippen molar-refractivity contribution in [1.29, 1.82) is 0 Å². The van der Waals surface area contributed by atoms with E-state index in [0.29, 0.717) is 0 Å². The third kappa shape index (κ3) is 3.26. The predicted octanol–water partition coefficient (Wildman–Crippen LogP) is 1.88.